The average Bonchev–Trinajstić information content (AvgIpc) is 3.47. The van der Waals surface area contributed by atoms with Gasteiger partial charge in [-0.2, -0.15) is 0 Å². The minimum atomic E-state index is -4.84. The summed E-state index contributed by atoms with van der Waals surface area (Å²) in [5.41, 5.74) is -2.07. The standard InChI is InChI=1S/C58H82F2NO14P/c1-3-5-7-9-11-13-15-17-19-21-23-25-27-29-54(64)71-40-43(74-55(65)30-28-26-24-22-20-18-16-14-12-10-8-6-4-2)41-73-76(69,70)72-34-33-61-57(66)42-31-32-44(45(35-42)58(67)68)56-46-36-48(59)50(62)38-52(46)75-53-39-51(63)49(60)37-47(53)56/h31-32,35-39,43,62H,3-30,33-34,40-41H2,1-2H3,(H,61,66)(H,67,68)(H,69,70)/t43-/m1/s1. The van der Waals surface area contributed by atoms with Crippen LogP contribution in [-0.4, -0.2) is 71.4 Å². The lowest BCUT2D eigenvalue weighted by Crippen LogP contribution is -2.30. The first-order chi connectivity index (χ1) is 36.6. The van der Waals surface area contributed by atoms with Crippen LogP contribution in [0.2, 0.25) is 0 Å². The molecule has 2 aromatic carbocycles. The molecule has 1 unspecified atom stereocenters. The van der Waals surface area contributed by atoms with Gasteiger partial charge < -0.3 is 34.3 Å². The maximum absolute atomic E-state index is 14.7. The molecule has 1 aliphatic carbocycles. The molecule has 2 aromatic rings. The maximum Gasteiger partial charge on any atom is 0.472 e. The molecule has 0 bridgehead atoms. The molecule has 0 fully saturated rings. The van der Waals surface area contributed by atoms with Crippen molar-refractivity contribution < 1.29 is 70.6 Å². The highest BCUT2D eigenvalue weighted by Gasteiger charge is 2.28. The number of esters is 2. The normalized spacial score (nSPS) is 12.7. The van der Waals surface area contributed by atoms with Gasteiger partial charge in [-0.25, -0.2) is 18.1 Å². The van der Waals surface area contributed by atoms with Gasteiger partial charge in [-0.1, -0.05) is 174 Å². The number of ether oxygens (including phenoxy) is 2. The Bertz CT molecular complexity index is 2500. The summed E-state index contributed by atoms with van der Waals surface area (Å²) in [4.78, 5) is 74.2. The number of phenolic OH excluding ortho intramolecular Hbond substituents is 1. The summed E-state index contributed by atoms with van der Waals surface area (Å²) in [5.74, 6) is -6.66. The Labute approximate surface area is 446 Å². The predicted molar refractivity (Wildman–Crippen MR) is 289 cm³/mol. The second-order valence-corrected chi connectivity index (χ2v) is 21.2. The molecule has 0 spiro atoms. The van der Waals surface area contributed by atoms with Crippen LogP contribution in [0.3, 0.4) is 0 Å². The van der Waals surface area contributed by atoms with Crippen LogP contribution in [0, 0.1) is 11.6 Å². The highest BCUT2D eigenvalue weighted by molar-refractivity contribution is 7.47. The van der Waals surface area contributed by atoms with Gasteiger partial charge >= 0.3 is 25.7 Å². The molecular formula is C58H82F2NO14P. The van der Waals surface area contributed by atoms with Crippen LogP contribution in [-0.2, 0) is 32.7 Å². The highest BCUT2D eigenvalue weighted by atomic mass is 31.2. The minimum absolute atomic E-state index is 0.0551. The molecule has 0 saturated carbocycles. The topological polar surface area (TPSA) is 225 Å². The van der Waals surface area contributed by atoms with E-state index in [-0.39, 0.29) is 58.4 Å². The zero-order valence-corrected chi connectivity index (χ0v) is 45.7. The number of carbonyl (C=O) groups excluding carboxylic acids is 3. The van der Waals surface area contributed by atoms with E-state index in [9.17, 15) is 52.4 Å². The van der Waals surface area contributed by atoms with Gasteiger partial charge in [-0.3, -0.25) is 28.2 Å². The molecule has 4 rings (SSSR count). The zero-order chi connectivity index (χ0) is 55.1. The second-order valence-electron chi connectivity index (χ2n) is 19.8. The number of carbonyl (C=O) groups is 4. The van der Waals surface area contributed by atoms with E-state index in [0.29, 0.717) is 12.8 Å². The third-order valence-corrected chi connectivity index (χ3v) is 14.4. The Morgan fingerprint density at radius 2 is 1.17 bits per heavy atom. The number of phenols is 1. The predicted octanol–water partition coefficient (Wildman–Crippen LogP) is 14.5. The van der Waals surface area contributed by atoms with Crippen molar-refractivity contribution in [1.29, 1.82) is 0 Å². The molecule has 2 aliphatic rings. The first-order valence-electron chi connectivity index (χ1n) is 27.9. The molecule has 1 amide bonds. The van der Waals surface area contributed by atoms with E-state index in [1.807, 2.05) is 0 Å². The molecule has 422 valence electrons. The van der Waals surface area contributed by atoms with Crippen LogP contribution in [0.15, 0.2) is 51.7 Å². The lowest BCUT2D eigenvalue weighted by molar-refractivity contribution is -0.161. The number of benzene rings is 3. The first-order valence-corrected chi connectivity index (χ1v) is 29.3. The van der Waals surface area contributed by atoms with Gasteiger partial charge in [0.25, 0.3) is 5.91 Å². The van der Waals surface area contributed by atoms with Crippen LogP contribution in [0.1, 0.15) is 214 Å². The van der Waals surface area contributed by atoms with Gasteiger partial charge in [0.1, 0.15) is 18.0 Å². The number of halogens is 2. The van der Waals surface area contributed by atoms with Crippen LogP contribution < -0.4 is 10.7 Å². The molecule has 15 nitrogen and oxygen atoms in total. The number of amides is 1. The zero-order valence-electron chi connectivity index (χ0n) is 44.8. The number of carboxylic acids is 1. The molecule has 2 atom stereocenters. The van der Waals surface area contributed by atoms with Crippen molar-refractivity contribution in [1.82, 2.24) is 5.32 Å². The number of unbranched alkanes of at least 4 members (excludes halogenated alkanes) is 24. The lowest BCUT2D eigenvalue weighted by Gasteiger charge is -2.20. The van der Waals surface area contributed by atoms with Gasteiger partial charge in [0.15, 0.2) is 23.5 Å². The Morgan fingerprint density at radius 3 is 1.71 bits per heavy atom. The number of carboxylic acid groups (broad SMARTS) is 1. The third-order valence-electron chi connectivity index (χ3n) is 13.4. The van der Waals surface area contributed by atoms with Crippen molar-refractivity contribution in [3.63, 3.8) is 0 Å². The average molecular weight is 1090 g/mol. The van der Waals surface area contributed by atoms with Gasteiger partial charge in [0, 0.05) is 53.6 Å². The van der Waals surface area contributed by atoms with Gasteiger partial charge in [0.2, 0.25) is 5.43 Å². The Balaban J connectivity index is 1.27. The highest BCUT2D eigenvalue weighted by Crippen LogP contribution is 2.44. The number of phosphoric ester groups is 1. The molecule has 0 aromatic heterocycles. The summed E-state index contributed by atoms with van der Waals surface area (Å²) in [6.45, 7) is 2.48. The Kier molecular flexibility index (Phi) is 29.4. The van der Waals surface area contributed by atoms with E-state index >= 15 is 0 Å². The van der Waals surface area contributed by atoms with Gasteiger partial charge in [-0.15, -0.1) is 0 Å². The number of fused-ring (bicyclic) bond motifs is 2. The van der Waals surface area contributed by atoms with Crippen LogP contribution >= 0.6 is 7.82 Å². The molecular weight excluding hydrogens is 1000 g/mol. The Morgan fingerprint density at radius 1 is 0.645 bits per heavy atom. The van der Waals surface area contributed by atoms with Crippen molar-refractivity contribution in [3.8, 4) is 28.2 Å². The van der Waals surface area contributed by atoms with Gasteiger partial charge in [0.05, 0.1) is 18.8 Å². The van der Waals surface area contributed by atoms with E-state index in [1.54, 1.807) is 0 Å². The fourth-order valence-corrected chi connectivity index (χ4v) is 9.86. The summed E-state index contributed by atoms with van der Waals surface area (Å²) >= 11 is 0. The summed E-state index contributed by atoms with van der Waals surface area (Å²) in [5, 5.41) is 22.7. The molecule has 0 saturated heterocycles. The maximum atomic E-state index is 14.7. The van der Waals surface area contributed by atoms with E-state index in [4.69, 9.17) is 22.9 Å². The van der Waals surface area contributed by atoms with Crippen molar-refractivity contribution in [3.05, 3.63) is 75.4 Å². The number of hydrogen-bond donors (Lipinski definition) is 4. The quantitative estimate of drug-likeness (QED) is 0.0140. The molecule has 1 aliphatic heterocycles. The summed E-state index contributed by atoms with van der Waals surface area (Å²) in [7, 11) is -4.84. The van der Waals surface area contributed by atoms with Crippen molar-refractivity contribution >= 4 is 42.6 Å². The number of aromatic hydroxyl groups is 1. The molecule has 1 heterocycles. The fraction of sp³-hybridized carbons (Fsp3) is 0.603. The summed E-state index contributed by atoms with van der Waals surface area (Å²) < 4.78 is 69.2. The van der Waals surface area contributed by atoms with Crippen molar-refractivity contribution in [2.24, 2.45) is 0 Å². The number of rotatable bonds is 41. The second kappa shape index (κ2) is 35.2. The minimum Gasteiger partial charge on any atom is -0.505 e. The molecule has 76 heavy (non-hydrogen) atoms. The van der Waals surface area contributed by atoms with Crippen LogP contribution in [0.5, 0.6) is 5.75 Å². The van der Waals surface area contributed by atoms with Gasteiger partial charge in [-0.05, 0) is 42.7 Å². The molecule has 0 radical (unpaired) electrons. The largest absolute Gasteiger partial charge is 0.505 e. The van der Waals surface area contributed by atoms with Crippen LogP contribution in [0.25, 0.3) is 33.4 Å². The number of hydrogen-bond acceptors (Lipinski definition) is 12. The first kappa shape index (κ1) is 63.3. The fourth-order valence-electron chi connectivity index (χ4n) is 9.11. The van der Waals surface area contributed by atoms with E-state index in [2.05, 4.69) is 19.2 Å². The van der Waals surface area contributed by atoms with Crippen molar-refractivity contribution in [2.75, 3.05) is 26.4 Å². The van der Waals surface area contributed by atoms with Crippen molar-refractivity contribution in [2.45, 2.75) is 200 Å². The van der Waals surface area contributed by atoms with E-state index in [0.717, 1.165) is 75.3 Å². The number of nitrogens with one attached hydrogen (secondary N) is 1. The SMILES string of the molecule is CCCCCCCCCCCCCCCC(=O)OC[C@H](COP(=O)(O)OCCNC(=O)c1ccc(-c2c3cc(F)c(=O)cc-3oc3cc(O)c(F)cc23)c(C(=O)O)c1)OC(=O)CCCCCCCCCCCCCCC. The summed E-state index contributed by atoms with van der Waals surface area (Å²) in [6, 6.07) is 6.93. The summed E-state index contributed by atoms with van der Waals surface area (Å²) in [6.07, 6.45) is 29.0. The third kappa shape index (κ3) is 23.2. The smallest absolute Gasteiger partial charge is 0.472 e. The molecule has 4 N–H and O–H groups in total. The van der Waals surface area contributed by atoms with Crippen LogP contribution in [0.4, 0.5) is 8.78 Å². The van der Waals surface area contributed by atoms with E-state index < -0.39 is 85.9 Å². The Hall–Kier alpha value is -5.22. The number of aromatic carboxylic acids is 1. The lowest BCUT2D eigenvalue weighted by atomic mass is 9.89. The molecule has 18 heteroatoms. The number of phosphoric acid groups is 1. The van der Waals surface area contributed by atoms with E-state index in [1.165, 1.54) is 121 Å². The monoisotopic (exact) mass is 1090 g/mol.